The highest BCUT2D eigenvalue weighted by atomic mass is 16.6. The molecule has 2 bridgehead atoms. The second-order valence-corrected chi connectivity index (χ2v) is 8.67. The third-order valence-electron chi connectivity index (χ3n) is 5.43. The summed E-state index contributed by atoms with van der Waals surface area (Å²) >= 11 is 0. The van der Waals surface area contributed by atoms with Gasteiger partial charge in [0.05, 0.1) is 18.6 Å². The minimum atomic E-state index is -1.13. The first-order valence-corrected chi connectivity index (χ1v) is 9.18. The Hall–Kier alpha value is -1.30. The fourth-order valence-electron chi connectivity index (χ4n) is 4.43. The van der Waals surface area contributed by atoms with E-state index >= 15 is 0 Å². The van der Waals surface area contributed by atoms with Crippen molar-refractivity contribution in [1.29, 1.82) is 0 Å². The second-order valence-electron chi connectivity index (χ2n) is 8.67. The molecule has 24 heavy (non-hydrogen) atoms. The number of ether oxygens (including phenoxy) is 1. The van der Waals surface area contributed by atoms with Gasteiger partial charge in [0.1, 0.15) is 5.60 Å². The van der Waals surface area contributed by atoms with Crippen molar-refractivity contribution < 1.29 is 19.4 Å². The van der Waals surface area contributed by atoms with E-state index in [0.29, 0.717) is 31.5 Å². The lowest BCUT2D eigenvalue weighted by molar-refractivity contribution is -0.140. The molecule has 0 aromatic rings. The van der Waals surface area contributed by atoms with Gasteiger partial charge in [-0.2, -0.15) is 0 Å². The largest absolute Gasteiger partial charge is 0.444 e. The molecule has 1 atom stereocenters. The van der Waals surface area contributed by atoms with Crippen LogP contribution in [0.15, 0.2) is 0 Å². The zero-order valence-corrected chi connectivity index (χ0v) is 15.1. The monoisotopic (exact) mass is 338 g/mol. The van der Waals surface area contributed by atoms with Crippen molar-refractivity contribution in [3.8, 4) is 0 Å². The van der Waals surface area contributed by atoms with E-state index in [4.69, 9.17) is 4.74 Å². The SMILES string of the molecule is CC(C)(C)OC(=O)N1CCCC(O)(CC(=O)N2C3CCC2CC3)C1. The van der Waals surface area contributed by atoms with Crippen molar-refractivity contribution in [3.05, 3.63) is 0 Å². The summed E-state index contributed by atoms with van der Waals surface area (Å²) in [5, 5.41) is 10.9. The number of hydrogen-bond donors (Lipinski definition) is 1. The topological polar surface area (TPSA) is 70.1 Å². The van der Waals surface area contributed by atoms with Gasteiger partial charge >= 0.3 is 6.09 Å². The Kier molecular flexibility index (Phi) is 4.53. The van der Waals surface area contributed by atoms with E-state index in [9.17, 15) is 14.7 Å². The van der Waals surface area contributed by atoms with E-state index in [-0.39, 0.29) is 18.9 Å². The van der Waals surface area contributed by atoms with Crippen molar-refractivity contribution in [2.24, 2.45) is 0 Å². The molecule has 3 rings (SSSR count). The molecule has 0 aromatic heterocycles. The van der Waals surface area contributed by atoms with Crippen LogP contribution >= 0.6 is 0 Å². The van der Waals surface area contributed by atoms with Crippen LogP contribution in [0.2, 0.25) is 0 Å². The molecule has 3 aliphatic rings. The summed E-state index contributed by atoms with van der Waals surface area (Å²) in [6.07, 6.45) is 5.33. The highest BCUT2D eigenvalue weighted by molar-refractivity contribution is 5.79. The Morgan fingerprint density at radius 3 is 2.29 bits per heavy atom. The van der Waals surface area contributed by atoms with Crippen LogP contribution in [0, 0.1) is 0 Å². The number of piperidine rings is 1. The summed E-state index contributed by atoms with van der Waals surface area (Å²) in [6, 6.07) is 0.744. The maximum atomic E-state index is 12.7. The van der Waals surface area contributed by atoms with Gasteiger partial charge in [-0.3, -0.25) is 4.79 Å². The molecular weight excluding hydrogens is 308 g/mol. The minimum absolute atomic E-state index is 0.0496. The molecule has 3 fully saturated rings. The van der Waals surface area contributed by atoms with Crippen LogP contribution in [0.25, 0.3) is 0 Å². The number of carbonyl (C=O) groups excluding carboxylic acids is 2. The van der Waals surface area contributed by atoms with Gasteiger partial charge < -0.3 is 19.6 Å². The zero-order valence-electron chi connectivity index (χ0n) is 15.1. The lowest BCUT2D eigenvalue weighted by Crippen LogP contribution is -2.53. The number of carbonyl (C=O) groups is 2. The highest BCUT2D eigenvalue weighted by Crippen LogP contribution is 2.39. The number of aliphatic hydroxyl groups is 1. The lowest BCUT2D eigenvalue weighted by Gasteiger charge is -2.40. The fraction of sp³-hybridized carbons (Fsp3) is 0.889. The van der Waals surface area contributed by atoms with Crippen LogP contribution < -0.4 is 0 Å². The van der Waals surface area contributed by atoms with Gasteiger partial charge in [-0.15, -0.1) is 0 Å². The van der Waals surface area contributed by atoms with E-state index in [1.54, 1.807) is 4.90 Å². The third-order valence-corrected chi connectivity index (χ3v) is 5.43. The summed E-state index contributed by atoms with van der Waals surface area (Å²) in [5.74, 6) is 0.0496. The minimum Gasteiger partial charge on any atom is -0.444 e. The molecular formula is C18H30N2O4. The summed E-state index contributed by atoms with van der Waals surface area (Å²) in [6.45, 7) is 6.23. The maximum absolute atomic E-state index is 12.7. The molecule has 0 aromatic carbocycles. The van der Waals surface area contributed by atoms with Gasteiger partial charge in [0.25, 0.3) is 0 Å². The smallest absolute Gasteiger partial charge is 0.410 e. The van der Waals surface area contributed by atoms with E-state index in [2.05, 4.69) is 0 Å². The maximum Gasteiger partial charge on any atom is 0.410 e. The number of likely N-dealkylation sites (tertiary alicyclic amines) is 1. The van der Waals surface area contributed by atoms with Crippen molar-refractivity contribution in [2.75, 3.05) is 13.1 Å². The van der Waals surface area contributed by atoms with Gasteiger partial charge in [0.15, 0.2) is 0 Å². The Morgan fingerprint density at radius 2 is 1.75 bits per heavy atom. The number of nitrogens with zero attached hydrogens (tertiary/aromatic N) is 2. The van der Waals surface area contributed by atoms with Crippen LogP contribution in [0.3, 0.4) is 0 Å². The van der Waals surface area contributed by atoms with Crippen LogP contribution in [0.4, 0.5) is 4.79 Å². The highest BCUT2D eigenvalue weighted by Gasteiger charge is 2.45. The quantitative estimate of drug-likeness (QED) is 0.839. The van der Waals surface area contributed by atoms with Gasteiger partial charge in [0, 0.05) is 18.6 Å². The zero-order chi connectivity index (χ0) is 17.5. The molecule has 2 amide bonds. The van der Waals surface area contributed by atoms with E-state index in [0.717, 1.165) is 25.7 Å². The van der Waals surface area contributed by atoms with E-state index in [1.165, 1.54) is 0 Å². The average molecular weight is 338 g/mol. The Balaban J connectivity index is 1.60. The van der Waals surface area contributed by atoms with Crippen LogP contribution in [-0.2, 0) is 9.53 Å². The van der Waals surface area contributed by atoms with Crippen LogP contribution in [-0.4, -0.2) is 63.3 Å². The molecule has 3 aliphatic heterocycles. The van der Waals surface area contributed by atoms with Crippen molar-refractivity contribution in [3.63, 3.8) is 0 Å². The molecule has 3 heterocycles. The Labute approximate surface area is 144 Å². The normalized spacial score (nSPS) is 33.0. The number of β-amino-alcohol motifs (C(OH)–C–C–N with tert-alkyl or cyclic N) is 1. The number of fused-ring (bicyclic) bond motifs is 2. The molecule has 6 nitrogen and oxygen atoms in total. The second kappa shape index (κ2) is 6.21. The molecule has 0 radical (unpaired) electrons. The summed E-state index contributed by atoms with van der Waals surface area (Å²) in [4.78, 5) is 28.5. The predicted molar refractivity (Wildman–Crippen MR) is 89.5 cm³/mol. The Morgan fingerprint density at radius 1 is 1.17 bits per heavy atom. The molecule has 6 heteroatoms. The van der Waals surface area contributed by atoms with Crippen LogP contribution in [0.5, 0.6) is 0 Å². The van der Waals surface area contributed by atoms with E-state index < -0.39 is 17.3 Å². The molecule has 1 N–H and O–H groups in total. The summed E-state index contributed by atoms with van der Waals surface area (Å²) in [7, 11) is 0. The molecule has 0 aliphatic carbocycles. The predicted octanol–water partition coefficient (Wildman–Crippen LogP) is 2.29. The first kappa shape index (κ1) is 17.5. The molecule has 3 saturated heterocycles. The van der Waals surface area contributed by atoms with E-state index in [1.807, 2.05) is 25.7 Å². The number of rotatable bonds is 2. The van der Waals surface area contributed by atoms with Crippen molar-refractivity contribution in [1.82, 2.24) is 9.80 Å². The summed E-state index contributed by atoms with van der Waals surface area (Å²) < 4.78 is 5.40. The van der Waals surface area contributed by atoms with Gasteiger partial charge in [-0.25, -0.2) is 4.79 Å². The average Bonchev–Trinajstić information content (AvgIpc) is 3.05. The molecule has 1 unspecified atom stereocenters. The number of amides is 2. The molecule has 0 spiro atoms. The Bertz CT molecular complexity index is 496. The molecule has 0 saturated carbocycles. The van der Waals surface area contributed by atoms with Crippen molar-refractivity contribution >= 4 is 12.0 Å². The lowest BCUT2D eigenvalue weighted by atomic mass is 9.89. The van der Waals surface area contributed by atoms with Gasteiger partial charge in [0.2, 0.25) is 5.91 Å². The molecule has 136 valence electrons. The first-order chi connectivity index (χ1) is 11.2. The first-order valence-electron chi connectivity index (χ1n) is 9.18. The number of hydrogen-bond acceptors (Lipinski definition) is 4. The van der Waals surface area contributed by atoms with Gasteiger partial charge in [-0.05, 0) is 59.3 Å². The standard InChI is InChI=1S/C18H30N2O4/c1-17(2,3)24-16(22)19-10-4-9-18(23,12-19)11-15(21)20-13-5-6-14(20)8-7-13/h13-14,23H,4-12H2,1-3H3. The third kappa shape index (κ3) is 3.68. The van der Waals surface area contributed by atoms with Gasteiger partial charge in [-0.1, -0.05) is 0 Å². The summed E-state index contributed by atoms with van der Waals surface area (Å²) in [5.41, 5.74) is -1.69. The van der Waals surface area contributed by atoms with Crippen molar-refractivity contribution in [2.45, 2.75) is 89.0 Å². The fourth-order valence-corrected chi connectivity index (χ4v) is 4.43. The van der Waals surface area contributed by atoms with Crippen LogP contribution in [0.1, 0.15) is 65.7 Å².